The first-order valence-electron chi connectivity index (χ1n) is 11.4. The highest BCUT2D eigenvalue weighted by Crippen LogP contribution is 2.59. The number of hydrogen-bond acceptors (Lipinski definition) is 1. The molecule has 36 heavy (non-hydrogen) atoms. The summed E-state index contributed by atoms with van der Waals surface area (Å²) in [5, 5.41) is 0. The molecule has 3 aromatic rings. The van der Waals surface area contributed by atoms with Crippen LogP contribution in [-0.2, 0) is 17.8 Å². The molecule has 0 spiro atoms. The van der Waals surface area contributed by atoms with Crippen molar-refractivity contribution in [2.45, 2.75) is 38.0 Å². The summed E-state index contributed by atoms with van der Waals surface area (Å²) in [6.07, 6.45) is -6.88. The number of carbonyl (C=O) groups is 1. The Morgan fingerprint density at radius 2 is 1.19 bits per heavy atom. The number of hydrogen-bond donors (Lipinski definition) is 0. The maximum Gasteiger partial charge on any atom is 0.416 e. The van der Waals surface area contributed by atoms with Crippen molar-refractivity contribution in [1.82, 2.24) is 0 Å². The van der Waals surface area contributed by atoms with E-state index >= 15 is 0 Å². The van der Waals surface area contributed by atoms with Gasteiger partial charge in [-0.05, 0) is 55.7 Å². The molecule has 1 saturated carbocycles. The highest BCUT2D eigenvalue weighted by atomic mass is 19.4. The first-order chi connectivity index (χ1) is 16.8. The molecule has 2 unspecified atom stereocenters. The molecule has 1 nitrogen and oxygen atoms in total. The summed E-state index contributed by atoms with van der Waals surface area (Å²) in [5.41, 5.74) is -0.130. The van der Waals surface area contributed by atoms with Crippen LogP contribution in [0.5, 0.6) is 0 Å². The number of halogens is 6. The largest absolute Gasteiger partial charge is 0.416 e. The highest BCUT2D eigenvalue weighted by Gasteiger charge is 2.57. The molecule has 0 bridgehead atoms. The van der Waals surface area contributed by atoms with E-state index in [2.05, 4.69) is 0 Å². The normalized spacial score (nSPS) is 19.3. The monoisotopic (exact) mass is 502 g/mol. The van der Waals surface area contributed by atoms with Gasteiger partial charge in [-0.15, -0.1) is 0 Å². The average Bonchev–Trinajstić information content (AvgIpc) is 2.82. The van der Waals surface area contributed by atoms with Crippen LogP contribution in [0, 0.1) is 11.8 Å². The SMILES string of the molecule is CC(C)=CC1C(C(=O)c2ccccc2)CC1(c1ccc(C(F)(F)F)cc1)c1ccc(C(F)(F)F)cc1. The van der Waals surface area contributed by atoms with E-state index in [1.54, 1.807) is 30.3 Å². The van der Waals surface area contributed by atoms with Crippen molar-refractivity contribution in [1.29, 1.82) is 0 Å². The number of allylic oxidation sites excluding steroid dienone is 2. The lowest BCUT2D eigenvalue weighted by Crippen LogP contribution is -2.54. The molecule has 3 aromatic carbocycles. The van der Waals surface area contributed by atoms with Crippen LogP contribution in [0.2, 0.25) is 0 Å². The zero-order chi connectivity index (χ0) is 26.3. The quantitative estimate of drug-likeness (QED) is 0.194. The minimum absolute atomic E-state index is 0.104. The third-order valence-corrected chi connectivity index (χ3v) is 6.91. The van der Waals surface area contributed by atoms with E-state index in [0.29, 0.717) is 16.7 Å². The summed E-state index contributed by atoms with van der Waals surface area (Å²) in [6, 6.07) is 18.1. The van der Waals surface area contributed by atoms with Gasteiger partial charge in [-0.3, -0.25) is 4.79 Å². The second kappa shape index (κ2) is 9.26. The molecule has 188 valence electrons. The molecule has 2 atom stereocenters. The molecule has 1 aliphatic carbocycles. The highest BCUT2D eigenvalue weighted by molar-refractivity contribution is 5.99. The number of carbonyl (C=O) groups excluding carboxylic acids is 1. The average molecular weight is 502 g/mol. The van der Waals surface area contributed by atoms with Crippen molar-refractivity contribution < 1.29 is 31.1 Å². The summed E-state index contributed by atoms with van der Waals surface area (Å²) >= 11 is 0. The zero-order valence-electron chi connectivity index (χ0n) is 19.6. The Kier molecular flexibility index (Phi) is 6.62. The number of rotatable bonds is 5. The third kappa shape index (κ3) is 4.71. The molecular weight excluding hydrogens is 478 g/mol. The molecule has 4 rings (SSSR count). The van der Waals surface area contributed by atoms with Crippen LogP contribution in [0.15, 0.2) is 90.5 Å². The van der Waals surface area contributed by atoms with Gasteiger partial charge in [0.1, 0.15) is 0 Å². The molecule has 0 heterocycles. The van der Waals surface area contributed by atoms with Gasteiger partial charge in [-0.1, -0.05) is 66.2 Å². The molecule has 0 aromatic heterocycles. The molecule has 0 N–H and O–H groups in total. The van der Waals surface area contributed by atoms with Crippen LogP contribution in [-0.4, -0.2) is 5.78 Å². The zero-order valence-corrected chi connectivity index (χ0v) is 19.6. The van der Waals surface area contributed by atoms with Gasteiger partial charge in [0.15, 0.2) is 5.78 Å². The van der Waals surface area contributed by atoms with Crippen molar-refractivity contribution in [3.8, 4) is 0 Å². The number of benzene rings is 3. The molecule has 1 fully saturated rings. The summed E-state index contributed by atoms with van der Waals surface area (Å²) in [7, 11) is 0. The predicted molar refractivity (Wildman–Crippen MR) is 125 cm³/mol. The lowest BCUT2D eigenvalue weighted by molar-refractivity contribution is -0.138. The number of ketones is 1. The van der Waals surface area contributed by atoms with E-state index in [4.69, 9.17) is 0 Å². The smallest absolute Gasteiger partial charge is 0.294 e. The summed E-state index contributed by atoms with van der Waals surface area (Å²) in [5.74, 6) is -1.04. The van der Waals surface area contributed by atoms with Gasteiger partial charge in [0.25, 0.3) is 0 Å². The molecule has 0 aliphatic heterocycles. The lowest BCUT2D eigenvalue weighted by Gasteiger charge is -2.55. The second-order valence-electron chi connectivity index (χ2n) is 9.43. The first-order valence-corrected chi connectivity index (χ1v) is 11.4. The first kappa shape index (κ1) is 25.7. The molecule has 0 saturated heterocycles. The topological polar surface area (TPSA) is 17.1 Å². The maximum atomic E-state index is 13.4. The Morgan fingerprint density at radius 1 is 0.750 bits per heavy atom. The van der Waals surface area contributed by atoms with E-state index in [1.165, 1.54) is 24.3 Å². The number of Topliss-reactive ketones (excluding diaryl/α,β-unsaturated/α-hetero) is 1. The van der Waals surface area contributed by atoms with Crippen molar-refractivity contribution in [3.63, 3.8) is 0 Å². The van der Waals surface area contributed by atoms with Crippen molar-refractivity contribution in [2.75, 3.05) is 0 Å². The van der Waals surface area contributed by atoms with Crippen LogP contribution >= 0.6 is 0 Å². The van der Waals surface area contributed by atoms with Crippen LogP contribution < -0.4 is 0 Å². The van der Waals surface area contributed by atoms with Crippen LogP contribution in [0.1, 0.15) is 52.9 Å². The van der Waals surface area contributed by atoms with E-state index in [9.17, 15) is 31.1 Å². The van der Waals surface area contributed by atoms with Gasteiger partial charge < -0.3 is 0 Å². The Balaban J connectivity index is 1.86. The Bertz CT molecular complexity index is 1190. The molecular formula is C29H24F6O. The minimum atomic E-state index is -4.52. The maximum absolute atomic E-state index is 13.4. The number of alkyl halides is 6. The van der Waals surface area contributed by atoms with Crippen molar-refractivity contribution >= 4 is 5.78 Å². The fourth-order valence-corrected chi connectivity index (χ4v) is 5.18. The molecule has 1 aliphatic rings. The van der Waals surface area contributed by atoms with Gasteiger partial charge in [0.05, 0.1) is 11.1 Å². The summed E-state index contributed by atoms with van der Waals surface area (Å²) < 4.78 is 79.4. The summed E-state index contributed by atoms with van der Waals surface area (Å²) in [4.78, 5) is 13.4. The van der Waals surface area contributed by atoms with Crippen LogP contribution in [0.3, 0.4) is 0 Å². The Labute approximate surface area is 205 Å². The minimum Gasteiger partial charge on any atom is -0.294 e. The fraction of sp³-hybridized carbons (Fsp3) is 0.276. The van der Waals surface area contributed by atoms with Crippen LogP contribution in [0.4, 0.5) is 26.3 Å². The Morgan fingerprint density at radius 3 is 1.58 bits per heavy atom. The molecule has 0 radical (unpaired) electrons. The van der Waals surface area contributed by atoms with Crippen LogP contribution in [0.25, 0.3) is 0 Å². The standard InChI is InChI=1S/C29H24F6O/c1-18(2)16-25-24(26(36)19-6-4-3-5-7-19)17-27(25,20-8-12-22(13-9-20)28(30,31)32)21-10-14-23(15-11-21)29(33,34)35/h3-16,24-25H,17H2,1-2H3. The van der Waals surface area contributed by atoms with Crippen molar-refractivity contribution in [3.05, 3.63) is 118 Å². The predicted octanol–water partition coefficient (Wildman–Crippen LogP) is 8.50. The third-order valence-electron chi connectivity index (χ3n) is 6.91. The van der Waals surface area contributed by atoms with Gasteiger partial charge in [0.2, 0.25) is 0 Å². The van der Waals surface area contributed by atoms with Crippen molar-refractivity contribution in [2.24, 2.45) is 11.8 Å². The van der Waals surface area contributed by atoms with Gasteiger partial charge >= 0.3 is 12.4 Å². The molecule has 0 amide bonds. The van der Waals surface area contributed by atoms with Gasteiger partial charge in [0, 0.05) is 22.8 Å². The Hall–Kier alpha value is -3.35. The van der Waals surface area contributed by atoms with E-state index in [0.717, 1.165) is 29.8 Å². The van der Waals surface area contributed by atoms with Gasteiger partial charge in [-0.25, -0.2) is 0 Å². The second-order valence-corrected chi connectivity index (χ2v) is 9.43. The lowest BCUT2D eigenvalue weighted by atomic mass is 9.47. The van der Waals surface area contributed by atoms with E-state index in [1.807, 2.05) is 19.9 Å². The fourth-order valence-electron chi connectivity index (χ4n) is 5.18. The van der Waals surface area contributed by atoms with E-state index in [-0.39, 0.29) is 12.2 Å². The summed E-state index contributed by atoms with van der Waals surface area (Å²) in [6.45, 7) is 3.71. The van der Waals surface area contributed by atoms with Gasteiger partial charge in [-0.2, -0.15) is 26.3 Å². The molecule has 7 heteroatoms. The van der Waals surface area contributed by atoms with E-state index < -0.39 is 40.7 Å².